The maximum Gasteiger partial charge on any atom is 0.271 e. The zero-order chi connectivity index (χ0) is 14.7. The second-order valence-corrected chi connectivity index (χ2v) is 5.44. The number of aromatic nitrogens is 3. The number of rotatable bonds is 4. The number of aromatic amines is 1. The summed E-state index contributed by atoms with van der Waals surface area (Å²) < 4.78 is 5.50. The van der Waals surface area contributed by atoms with Gasteiger partial charge in [0.25, 0.3) is 5.91 Å². The van der Waals surface area contributed by atoms with E-state index in [9.17, 15) is 4.79 Å². The van der Waals surface area contributed by atoms with Gasteiger partial charge in [-0.3, -0.25) is 14.9 Å². The summed E-state index contributed by atoms with van der Waals surface area (Å²) in [5.74, 6) is -0.0224. The predicted molar refractivity (Wildman–Crippen MR) is 77.1 cm³/mol. The zero-order valence-corrected chi connectivity index (χ0v) is 12.0. The number of nitrogens with zero attached hydrogens (tertiary/aromatic N) is 2. The van der Waals surface area contributed by atoms with Crippen LogP contribution in [0.5, 0.6) is 0 Å². The van der Waals surface area contributed by atoms with E-state index in [2.05, 4.69) is 20.5 Å². The van der Waals surface area contributed by atoms with E-state index < -0.39 is 0 Å². The van der Waals surface area contributed by atoms with Crippen LogP contribution in [0.1, 0.15) is 16.1 Å². The summed E-state index contributed by atoms with van der Waals surface area (Å²) in [6, 6.07) is 3.91. The average Bonchev–Trinajstić information content (AvgIpc) is 3.10. The predicted octanol–water partition coefficient (Wildman–Crippen LogP) is 1.45. The lowest BCUT2D eigenvalue weighted by Crippen LogP contribution is -2.40. The highest BCUT2D eigenvalue weighted by atomic mass is 35.5. The number of hydrogen-bond acceptors (Lipinski definition) is 4. The van der Waals surface area contributed by atoms with E-state index in [4.69, 9.17) is 16.3 Å². The summed E-state index contributed by atoms with van der Waals surface area (Å²) in [5.41, 5.74) is 1.46. The van der Waals surface area contributed by atoms with Gasteiger partial charge in [0.2, 0.25) is 0 Å². The highest BCUT2D eigenvalue weighted by Crippen LogP contribution is 2.20. The number of carbonyl (C=O) groups excluding carboxylic acids is 1. The van der Waals surface area contributed by atoms with Crippen molar-refractivity contribution < 1.29 is 9.53 Å². The maximum atomic E-state index is 12.1. The topological polar surface area (TPSA) is 79.9 Å². The van der Waals surface area contributed by atoms with Crippen LogP contribution in [0.25, 0.3) is 0 Å². The molecule has 0 aromatic carbocycles. The number of nitrogens with one attached hydrogen (secondary N) is 2. The molecule has 1 fully saturated rings. The number of halogens is 1. The molecular formula is C14H15ClN4O2. The van der Waals surface area contributed by atoms with Crippen LogP contribution >= 0.6 is 11.6 Å². The van der Waals surface area contributed by atoms with Crippen LogP contribution in [0.3, 0.4) is 0 Å². The Morgan fingerprint density at radius 2 is 2.24 bits per heavy atom. The normalized spacial score (nSPS) is 21.4. The molecule has 1 saturated heterocycles. The SMILES string of the molecule is O=C(NC1COCC1Cc1ccncc1)c1[nH]ncc1Cl. The van der Waals surface area contributed by atoms with Gasteiger partial charge in [0.05, 0.1) is 30.5 Å². The van der Waals surface area contributed by atoms with Crippen molar-refractivity contribution in [1.29, 1.82) is 0 Å². The molecule has 0 saturated carbocycles. The second kappa shape index (κ2) is 6.24. The third kappa shape index (κ3) is 3.22. The number of H-pyrrole nitrogens is 1. The second-order valence-electron chi connectivity index (χ2n) is 5.03. The Hall–Kier alpha value is -1.92. The van der Waals surface area contributed by atoms with Crippen molar-refractivity contribution in [3.8, 4) is 0 Å². The number of carbonyl (C=O) groups is 1. The summed E-state index contributed by atoms with van der Waals surface area (Å²) in [5, 5.41) is 9.62. The molecule has 3 heterocycles. The Kier molecular flexibility index (Phi) is 4.17. The summed E-state index contributed by atoms with van der Waals surface area (Å²) in [4.78, 5) is 16.2. The lowest BCUT2D eigenvalue weighted by molar-refractivity contribution is 0.0920. The lowest BCUT2D eigenvalue weighted by atomic mass is 9.95. The van der Waals surface area contributed by atoms with Gasteiger partial charge < -0.3 is 10.1 Å². The molecule has 0 spiro atoms. The summed E-state index contributed by atoms with van der Waals surface area (Å²) in [7, 11) is 0. The molecular weight excluding hydrogens is 292 g/mol. The van der Waals surface area contributed by atoms with Crippen molar-refractivity contribution in [2.75, 3.05) is 13.2 Å². The highest BCUT2D eigenvalue weighted by molar-refractivity contribution is 6.33. The van der Waals surface area contributed by atoms with Crippen LogP contribution in [-0.2, 0) is 11.2 Å². The Bertz CT molecular complexity index is 616. The van der Waals surface area contributed by atoms with Gasteiger partial charge in [-0.25, -0.2) is 0 Å². The van der Waals surface area contributed by atoms with E-state index in [1.807, 2.05) is 12.1 Å². The van der Waals surface area contributed by atoms with E-state index in [0.717, 1.165) is 6.42 Å². The quantitative estimate of drug-likeness (QED) is 0.896. The highest BCUT2D eigenvalue weighted by Gasteiger charge is 2.30. The summed E-state index contributed by atoms with van der Waals surface area (Å²) >= 11 is 5.89. The lowest BCUT2D eigenvalue weighted by Gasteiger charge is -2.18. The molecule has 3 rings (SSSR count). The summed E-state index contributed by atoms with van der Waals surface area (Å²) in [6.45, 7) is 1.14. The first kappa shape index (κ1) is 14.0. The Morgan fingerprint density at radius 3 is 2.95 bits per heavy atom. The van der Waals surface area contributed by atoms with Gasteiger partial charge in [-0.05, 0) is 24.1 Å². The minimum atomic E-state index is -0.257. The molecule has 6 nitrogen and oxygen atoms in total. The molecule has 21 heavy (non-hydrogen) atoms. The van der Waals surface area contributed by atoms with Gasteiger partial charge in [0.15, 0.2) is 0 Å². The minimum Gasteiger partial charge on any atom is -0.379 e. The van der Waals surface area contributed by atoms with Crippen molar-refractivity contribution in [3.63, 3.8) is 0 Å². The van der Waals surface area contributed by atoms with Crippen LogP contribution in [0, 0.1) is 5.92 Å². The van der Waals surface area contributed by atoms with E-state index in [1.54, 1.807) is 12.4 Å². The van der Waals surface area contributed by atoms with Crippen LogP contribution < -0.4 is 5.32 Å². The molecule has 1 aliphatic heterocycles. The fraction of sp³-hybridized carbons (Fsp3) is 0.357. The smallest absolute Gasteiger partial charge is 0.271 e. The maximum absolute atomic E-state index is 12.1. The third-order valence-electron chi connectivity index (χ3n) is 3.58. The zero-order valence-electron chi connectivity index (χ0n) is 11.3. The molecule has 2 atom stereocenters. The number of amides is 1. The fourth-order valence-electron chi connectivity index (χ4n) is 2.45. The molecule has 2 unspecified atom stereocenters. The van der Waals surface area contributed by atoms with E-state index in [1.165, 1.54) is 11.8 Å². The van der Waals surface area contributed by atoms with Crippen molar-refractivity contribution in [2.45, 2.75) is 12.5 Å². The van der Waals surface area contributed by atoms with Gasteiger partial charge in [-0.15, -0.1) is 0 Å². The average molecular weight is 307 g/mol. The third-order valence-corrected chi connectivity index (χ3v) is 3.87. The molecule has 0 bridgehead atoms. The standard InChI is InChI=1S/C14H15ClN4O2/c15-11-6-17-19-13(11)14(20)18-12-8-21-7-10(12)5-9-1-3-16-4-2-9/h1-4,6,10,12H,5,7-8H2,(H,17,19)(H,18,20). The van der Waals surface area contributed by atoms with Gasteiger partial charge in [0, 0.05) is 18.3 Å². The molecule has 7 heteroatoms. The van der Waals surface area contributed by atoms with Crippen molar-refractivity contribution in [1.82, 2.24) is 20.5 Å². The fourth-order valence-corrected chi connectivity index (χ4v) is 2.63. The van der Waals surface area contributed by atoms with Gasteiger partial charge in [-0.1, -0.05) is 11.6 Å². The van der Waals surface area contributed by atoms with Crippen molar-refractivity contribution in [3.05, 3.63) is 47.0 Å². The Labute approximate surface area is 126 Å². The first-order valence-electron chi connectivity index (χ1n) is 6.70. The monoisotopic (exact) mass is 306 g/mol. The molecule has 0 aliphatic carbocycles. The van der Waals surface area contributed by atoms with Crippen molar-refractivity contribution in [2.24, 2.45) is 5.92 Å². The van der Waals surface area contributed by atoms with Crippen LogP contribution in [-0.4, -0.2) is 40.3 Å². The summed E-state index contributed by atoms with van der Waals surface area (Å²) in [6.07, 6.45) is 5.78. The van der Waals surface area contributed by atoms with Gasteiger partial charge in [-0.2, -0.15) is 5.10 Å². The van der Waals surface area contributed by atoms with Gasteiger partial charge >= 0.3 is 0 Å². The molecule has 0 radical (unpaired) electrons. The molecule has 2 aromatic heterocycles. The molecule has 1 amide bonds. The van der Waals surface area contributed by atoms with E-state index >= 15 is 0 Å². The molecule has 2 N–H and O–H groups in total. The number of ether oxygens (including phenoxy) is 1. The molecule has 110 valence electrons. The van der Waals surface area contributed by atoms with E-state index in [-0.39, 0.29) is 23.6 Å². The molecule has 2 aromatic rings. The van der Waals surface area contributed by atoms with Crippen LogP contribution in [0.4, 0.5) is 0 Å². The Balaban J connectivity index is 1.64. The first-order valence-corrected chi connectivity index (χ1v) is 7.08. The minimum absolute atomic E-state index is 0.0370. The van der Waals surface area contributed by atoms with Crippen LogP contribution in [0.15, 0.2) is 30.7 Å². The number of hydrogen-bond donors (Lipinski definition) is 2. The van der Waals surface area contributed by atoms with E-state index in [0.29, 0.717) is 18.2 Å². The number of pyridine rings is 1. The van der Waals surface area contributed by atoms with Gasteiger partial charge in [0.1, 0.15) is 5.69 Å². The Morgan fingerprint density at radius 1 is 1.43 bits per heavy atom. The molecule has 1 aliphatic rings. The van der Waals surface area contributed by atoms with Crippen LogP contribution in [0.2, 0.25) is 5.02 Å². The van der Waals surface area contributed by atoms with Crippen molar-refractivity contribution >= 4 is 17.5 Å². The first-order chi connectivity index (χ1) is 10.2. The largest absolute Gasteiger partial charge is 0.379 e.